The summed E-state index contributed by atoms with van der Waals surface area (Å²) >= 11 is 0. The maximum Gasteiger partial charge on any atom is 0.416 e. The van der Waals surface area contributed by atoms with Gasteiger partial charge in [-0.15, -0.1) is 0 Å². The smallest absolute Gasteiger partial charge is 0.416 e. The molecule has 0 bridgehead atoms. The third-order valence-corrected chi connectivity index (χ3v) is 5.96. The molecule has 0 atom stereocenters. The van der Waals surface area contributed by atoms with E-state index in [0.29, 0.717) is 50.9 Å². The summed E-state index contributed by atoms with van der Waals surface area (Å²) in [7, 11) is 0. The molecule has 27 heavy (non-hydrogen) atoms. The zero-order valence-corrected chi connectivity index (χ0v) is 14.7. The molecule has 4 rings (SSSR count). The maximum absolute atomic E-state index is 12.9. The van der Waals surface area contributed by atoms with Gasteiger partial charge in [0.2, 0.25) is 5.91 Å². The van der Waals surface area contributed by atoms with E-state index in [0.717, 1.165) is 6.07 Å². The number of piperidine rings is 1. The van der Waals surface area contributed by atoms with Gasteiger partial charge in [0.25, 0.3) is 0 Å². The number of benzene rings is 1. The zero-order chi connectivity index (χ0) is 19.2. The highest BCUT2D eigenvalue weighted by Crippen LogP contribution is 2.42. The summed E-state index contributed by atoms with van der Waals surface area (Å²) in [5.41, 5.74) is -0.322. The van der Waals surface area contributed by atoms with Crippen molar-refractivity contribution in [3.63, 3.8) is 0 Å². The maximum atomic E-state index is 12.9. The van der Waals surface area contributed by atoms with Gasteiger partial charge in [-0.2, -0.15) is 13.2 Å². The molecule has 1 N–H and O–H groups in total. The summed E-state index contributed by atoms with van der Waals surface area (Å²) in [6.45, 7) is 1.41. The second kappa shape index (κ2) is 6.42. The average molecular weight is 382 g/mol. The van der Waals surface area contributed by atoms with Gasteiger partial charge in [0.15, 0.2) is 0 Å². The Morgan fingerprint density at radius 3 is 2.52 bits per heavy atom. The first-order valence-electron chi connectivity index (χ1n) is 9.17. The normalized spacial score (nSPS) is 28.6. The van der Waals surface area contributed by atoms with Crippen molar-refractivity contribution in [1.82, 2.24) is 10.2 Å². The molecule has 3 fully saturated rings. The van der Waals surface area contributed by atoms with Crippen LogP contribution in [0.15, 0.2) is 24.3 Å². The Balaban J connectivity index is 1.32. The van der Waals surface area contributed by atoms with Crippen molar-refractivity contribution in [3.8, 4) is 0 Å². The fourth-order valence-corrected chi connectivity index (χ4v) is 4.43. The summed E-state index contributed by atoms with van der Waals surface area (Å²) in [5, 5.41) is 2.78. The lowest BCUT2D eigenvalue weighted by molar-refractivity contribution is -0.142. The Bertz CT molecular complexity index is 751. The Hall–Kier alpha value is -2.25. The topological polar surface area (TPSA) is 58.6 Å². The molecule has 1 aliphatic carbocycles. The number of hydrogen-bond donors (Lipinski definition) is 1. The first-order valence-corrected chi connectivity index (χ1v) is 9.17. The van der Waals surface area contributed by atoms with Gasteiger partial charge >= 0.3 is 12.3 Å². The Kier molecular flexibility index (Phi) is 4.31. The van der Waals surface area contributed by atoms with E-state index >= 15 is 0 Å². The van der Waals surface area contributed by atoms with Crippen LogP contribution in [-0.4, -0.2) is 42.1 Å². The molecular weight excluding hydrogens is 361 g/mol. The predicted octanol–water partition coefficient (Wildman–Crippen LogP) is 3.30. The average Bonchev–Trinajstić information content (AvgIpc) is 3.02. The van der Waals surface area contributed by atoms with Crippen molar-refractivity contribution in [2.24, 2.45) is 5.92 Å². The zero-order valence-electron chi connectivity index (χ0n) is 14.7. The van der Waals surface area contributed by atoms with Crippen LogP contribution in [0.4, 0.5) is 18.0 Å². The molecule has 0 aromatic heterocycles. The quantitative estimate of drug-likeness (QED) is 0.854. The largest absolute Gasteiger partial charge is 0.447 e. The molecule has 1 spiro atoms. The molecule has 2 aliphatic heterocycles. The van der Waals surface area contributed by atoms with Gasteiger partial charge in [-0.3, -0.25) is 4.79 Å². The standard InChI is InChI=1S/C19H21F3N2O3/c20-19(21,22)15-3-1-2-13(8-15)12-4-6-24(7-5-12)16(25)14-9-18(10-14)11-27-17(26)23-18/h1-3,8,12,14H,4-7,9-11H2,(H,23,26). The van der Waals surface area contributed by atoms with Crippen LogP contribution in [0, 0.1) is 5.92 Å². The van der Waals surface area contributed by atoms with E-state index in [1.54, 1.807) is 11.0 Å². The molecule has 1 aromatic carbocycles. The fraction of sp³-hybridized carbons (Fsp3) is 0.579. The van der Waals surface area contributed by atoms with Crippen molar-refractivity contribution in [3.05, 3.63) is 35.4 Å². The van der Waals surface area contributed by atoms with Crippen LogP contribution in [0.2, 0.25) is 0 Å². The highest BCUT2D eigenvalue weighted by Gasteiger charge is 2.53. The lowest BCUT2D eigenvalue weighted by Crippen LogP contribution is -2.58. The molecule has 0 unspecified atom stereocenters. The Morgan fingerprint density at radius 1 is 1.22 bits per heavy atom. The van der Waals surface area contributed by atoms with Crippen LogP contribution < -0.4 is 5.32 Å². The fourth-order valence-electron chi connectivity index (χ4n) is 4.43. The summed E-state index contributed by atoms with van der Waals surface area (Å²) < 4.78 is 43.6. The van der Waals surface area contributed by atoms with Crippen LogP contribution in [-0.2, 0) is 15.7 Å². The number of nitrogens with one attached hydrogen (secondary N) is 1. The summed E-state index contributed by atoms with van der Waals surface area (Å²) in [4.78, 5) is 25.6. The van der Waals surface area contributed by atoms with Crippen molar-refractivity contribution in [2.45, 2.75) is 43.3 Å². The molecule has 1 aromatic rings. The van der Waals surface area contributed by atoms with Gasteiger partial charge in [-0.1, -0.05) is 18.2 Å². The minimum absolute atomic E-state index is 0.0339. The van der Waals surface area contributed by atoms with Gasteiger partial charge in [-0.05, 0) is 43.2 Å². The van der Waals surface area contributed by atoms with E-state index in [-0.39, 0.29) is 23.3 Å². The number of likely N-dealkylation sites (tertiary alicyclic amines) is 1. The van der Waals surface area contributed by atoms with E-state index in [1.807, 2.05) is 0 Å². The minimum atomic E-state index is -4.34. The van der Waals surface area contributed by atoms with Crippen LogP contribution >= 0.6 is 0 Å². The second-order valence-corrected chi connectivity index (χ2v) is 7.81. The molecule has 2 saturated heterocycles. The van der Waals surface area contributed by atoms with Gasteiger partial charge in [-0.25, -0.2) is 4.79 Å². The molecule has 0 radical (unpaired) electrons. The number of amides is 2. The molecule has 5 nitrogen and oxygen atoms in total. The molecule has 2 amide bonds. The Labute approximate surface area is 154 Å². The van der Waals surface area contributed by atoms with Crippen molar-refractivity contribution >= 4 is 12.0 Å². The van der Waals surface area contributed by atoms with E-state index in [2.05, 4.69) is 5.32 Å². The van der Waals surface area contributed by atoms with Gasteiger partial charge in [0, 0.05) is 19.0 Å². The van der Waals surface area contributed by atoms with Crippen LogP contribution in [0.1, 0.15) is 42.7 Å². The highest BCUT2D eigenvalue weighted by atomic mass is 19.4. The summed E-state index contributed by atoms with van der Waals surface area (Å²) in [6.07, 6.45) is -2.28. The molecule has 8 heteroatoms. The number of ether oxygens (including phenoxy) is 1. The third-order valence-electron chi connectivity index (χ3n) is 5.96. The minimum Gasteiger partial charge on any atom is -0.447 e. The lowest BCUT2D eigenvalue weighted by atomic mass is 9.68. The molecule has 146 valence electrons. The number of carbonyl (C=O) groups excluding carboxylic acids is 2. The molecular formula is C19H21F3N2O3. The highest BCUT2D eigenvalue weighted by molar-refractivity contribution is 5.81. The number of cyclic esters (lactones) is 1. The number of alkyl carbamates (subject to hydrolysis) is 1. The molecule has 2 heterocycles. The number of alkyl halides is 3. The van der Waals surface area contributed by atoms with Crippen LogP contribution in [0.3, 0.4) is 0 Å². The van der Waals surface area contributed by atoms with Crippen molar-refractivity contribution in [1.29, 1.82) is 0 Å². The second-order valence-electron chi connectivity index (χ2n) is 7.81. The number of carbonyl (C=O) groups is 2. The van der Waals surface area contributed by atoms with Crippen LogP contribution in [0.25, 0.3) is 0 Å². The van der Waals surface area contributed by atoms with E-state index in [4.69, 9.17) is 4.74 Å². The summed E-state index contributed by atoms with van der Waals surface area (Å²) in [6, 6.07) is 5.48. The number of hydrogen-bond acceptors (Lipinski definition) is 3. The van der Waals surface area contributed by atoms with E-state index < -0.39 is 17.8 Å². The summed E-state index contributed by atoms with van der Waals surface area (Å²) in [5.74, 6) is -0.00650. The number of nitrogens with zero attached hydrogens (tertiary/aromatic N) is 1. The van der Waals surface area contributed by atoms with E-state index in [1.165, 1.54) is 12.1 Å². The van der Waals surface area contributed by atoms with Gasteiger partial charge in [0.05, 0.1) is 11.1 Å². The van der Waals surface area contributed by atoms with Gasteiger partial charge < -0.3 is 15.0 Å². The number of halogens is 3. The first-order chi connectivity index (χ1) is 12.8. The van der Waals surface area contributed by atoms with Crippen molar-refractivity contribution in [2.75, 3.05) is 19.7 Å². The van der Waals surface area contributed by atoms with Crippen molar-refractivity contribution < 1.29 is 27.5 Å². The molecule has 3 aliphatic rings. The monoisotopic (exact) mass is 382 g/mol. The van der Waals surface area contributed by atoms with E-state index in [9.17, 15) is 22.8 Å². The number of rotatable bonds is 2. The lowest BCUT2D eigenvalue weighted by Gasteiger charge is -2.45. The predicted molar refractivity (Wildman–Crippen MR) is 89.9 cm³/mol. The first kappa shape index (κ1) is 18.1. The third kappa shape index (κ3) is 3.49. The Morgan fingerprint density at radius 2 is 1.93 bits per heavy atom. The molecule has 1 saturated carbocycles. The van der Waals surface area contributed by atoms with Gasteiger partial charge in [0.1, 0.15) is 6.61 Å². The van der Waals surface area contributed by atoms with Crippen LogP contribution in [0.5, 0.6) is 0 Å². The SMILES string of the molecule is O=C1NC2(CO1)CC(C(=O)N1CCC(c3cccc(C(F)(F)F)c3)CC1)C2.